The maximum Gasteiger partial charge on any atom is 0.0721 e. The molecule has 0 aromatic heterocycles. The Bertz CT molecular complexity index is 2630. The number of aliphatic imine (C=N–C) groups is 1. The number of fused-ring (bicyclic) bond motifs is 6. The minimum atomic E-state index is 0.0619. The summed E-state index contributed by atoms with van der Waals surface area (Å²) in [7, 11) is 0. The van der Waals surface area contributed by atoms with Gasteiger partial charge in [0.05, 0.1) is 12.6 Å². The highest BCUT2D eigenvalue weighted by molar-refractivity contribution is 6.19. The molecule has 3 aliphatic rings. The first-order valence-electron chi connectivity index (χ1n) is 17.7. The zero-order chi connectivity index (χ0) is 33.9. The van der Waals surface area contributed by atoms with Crippen LogP contribution in [0, 0.1) is 0 Å². The van der Waals surface area contributed by atoms with Crippen LogP contribution in [0.5, 0.6) is 0 Å². The van der Waals surface area contributed by atoms with E-state index in [1.165, 1.54) is 77.2 Å². The molecule has 1 heterocycles. The van der Waals surface area contributed by atoms with Gasteiger partial charge in [-0.1, -0.05) is 152 Å². The van der Waals surface area contributed by atoms with Crippen LogP contribution in [0.15, 0.2) is 181 Å². The number of para-hydroxylation sites is 1. The molecule has 7 aromatic rings. The lowest BCUT2D eigenvalue weighted by Gasteiger charge is -2.32. The third-order valence-electron chi connectivity index (χ3n) is 10.7. The molecule has 0 amide bonds. The monoisotopic (exact) mass is 650 g/mol. The topological polar surface area (TPSA) is 15.6 Å². The summed E-state index contributed by atoms with van der Waals surface area (Å²) in [6, 6.07) is 50.8. The number of hydrogen-bond donors (Lipinski definition) is 0. The molecule has 1 atom stereocenters. The predicted molar refractivity (Wildman–Crippen MR) is 218 cm³/mol. The van der Waals surface area contributed by atoms with E-state index in [4.69, 9.17) is 6.58 Å². The van der Waals surface area contributed by atoms with Crippen molar-refractivity contribution in [3.63, 3.8) is 0 Å². The van der Waals surface area contributed by atoms with E-state index in [0.29, 0.717) is 6.54 Å². The molecule has 0 bridgehead atoms. The Morgan fingerprint density at radius 2 is 1.16 bits per heavy atom. The molecule has 1 unspecified atom stereocenters. The number of hydrogen-bond acceptors (Lipinski definition) is 2. The molecule has 0 fully saturated rings. The second-order valence-corrected chi connectivity index (χ2v) is 13.5. The molecule has 51 heavy (non-hydrogen) atoms. The Labute approximate surface area is 298 Å². The van der Waals surface area contributed by atoms with E-state index in [1.807, 2.05) is 12.3 Å². The molecule has 0 radical (unpaired) electrons. The Hall–Kier alpha value is -6.51. The van der Waals surface area contributed by atoms with Crippen molar-refractivity contribution in [3.05, 3.63) is 187 Å². The summed E-state index contributed by atoms with van der Waals surface area (Å²) in [6.07, 6.45) is 13.0. The highest BCUT2D eigenvalue weighted by Gasteiger charge is 2.25. The van der Waals surface area contributed by atoms with E-state index >= 15 is 0 Å². The van der Waals surface area contributed by atoms with Crippen LogP contribution in [0.2, 0.25) is 0 Å². The van der Waals surface area contributed by atoms with Gasteiger partial charge in [0.2, 0.25) is 0 Å². The second-order valence-electron chi connectivity index (χ2n) is 13.5. The van der Waals surface area contributed by atoms with E-state index in [2.05, 4.69) is 174 Å². The van der Waals surface area contributed by atoms with Gasteiger partial charge in [0.25, 0.3) is 0 Å². The van der Waals surface area contributed by atoms with Crippen LogP contribution in [-0.2, 0) is 0 Å². The lowest BCUT2D eigenvalue weighted by atomic mass is 9.92. The third-order valence-corrected chi connectivity index (χ3v) is 10.7. The summed E-state index contributed by atoms with van der Waals surface area (Å²) >= 11 is 0. The summed E-state index contributed by atoms with van der Waals surface area (Å²) in [5.41, 5.74) is 15.9. The van der Waals surface area contributed by atoms with E-state index < -0.39 is 0 Å². The predicted octanol–water partition coefficient (Wildman–Crippen LogP) is 12.4. The standard InChI is InChI=1S/C49H34N2/c1-32(51(35-12-3-2-4-13-35)36-14-11-29-50-31-36)30-34(37-27-28-47-42-18-8-6-16-40(42)45-22-10-20-43(37)49(45)47)24-23-33-25-26-46-41-17-7-5-15-39(41)44-21-9-19-38(33)48(44)46/h2-30,36H,1,31H2/b24-23+,34-30+. The molecular weight excluding hydrogens is 617 g/mol. The van der Waals surface area contributed by atoms with E-state index in [9.17, 15) is 0 Å². The maximum atomic E-state index is 4.72. The molecule has 0 spiro atoms. The van der Waals surface area contributed by atoms with Gasteiger partial charge in [0, 0.05) is 17.6 Å². The molecule has 0 N–H and O–H groups in total. The van der Waals surface area contributed by atoms with Gasteiger partial charge in [0.1, 0.15) is 0 Å². The maximum absolute atomic E-state index is 4.72. The number of rotatable bonds is 7. The molecule has 2 aliphatic carbocycles. The van der Waals surface area contributed by atoms with Crippen LogP contribution in [0.4, 0.5) is 5.69 Å². The normalized spacial score (nSPS) is 15.1. The van der Waals surface area contributed by atoms with Crippen LogP contribution >= 0.6 is 0 Å². The van der Waals surface area contributed by atoms with Crippen molar-refractivity contribution in [3.8, 4) is 44.5 Å². The lowest BCUT2D eigenvalue weighted by molar-refractivity contribution is 0.763. The molecule has 2 heteroatoms. The first-order chi connectivity index (χ1) is 25.2. The zero-order valence-electron chi connectivity index (χ0n) is 28.1. The van der Waals surface area contributed by atoms with Crippen molar-refractivity contribution in [2.45, 2.75) is 6.04 Å². The molecule has 240 valence electrons. The Morgan fingerprint density at radius 3 is 1.80 bits per heavy atom. The molecular formula is C49H34N2. The highest BCUT2D eigenvalue weighted by Crippen LogP contribution is 2.50. The number of allylic oxidation sites excluding steroid dienone is 4. The van der Waals surface area contributed by atoms with Crippen molar-refractivity contribution < 1.29 is 0 Å². The first-order valence-corrected chi connectivity index (χ1v) is 17.7. The van der Waals surface area contributed by atoms with Crippen LogP contribution in [0.3, 0.4) is 0 Å². The van der Waals surface area contributed by atoms with Gasteiger partial charge in [-0.2, -0.15) is 0 Å². The Morgan fingerprint density at radius 1 is 0.588 bits per heavy atom. The van der Waals surface area contributed by atoms with Crippen molar-refractivity contribution >= 4 is 45.1 Å². The van der Waals surface area contributed by atoms with Crippen LogP contribution in [0.1, 0.15) is 11.1 Å². The van der Waals surface area contributed by atoms with Crippen LogP contribution < -0.4 is 4.90 Å². The summed E-state index contributed by atoms with van der Waals surface area (Å²) in [6.45, 7) is 5.39. The summed E-state index contributed by atoms with van der Waals surface area (Å²) < 4.78 is 0. The number of anilines is 1. The van der Waals surface area contributed by atoms with Gasteiger partial charge in [-0.25, -0.2) is 0 Å². The van der Waals surface area contributed by atoms with Gasteiger partial charge >= 0.3 is 0 Å². The minimum Gasteiger partial charge on any atom is -0.333 e. The molecule has 7 aromatic carbocycles. The smallest absolute Gasteiger partial charge is 0.0721 e. The zero-order valence-corrected chi connectivity index (χ0v) is 28.1. The van der Waals surface area contributed by atoms with Gasteiger partial charge in [-0.15, -0.1) is 0 Å². The number of nitrogens with zero attached hydrogens (tertiary/aromatic N) is 2. The van der Waals surface area contributed by atoms with E-state index in [1.54, 1.807) is 0 Å². The van der Waals surface area contributed by atoms with Crippen LogP contribution in [0.25, 0.3) is 77.7 Å². The average molecular weight is 651 g/mol. The summed E-state index contributed by atoms with van der Waals surface area (Å²) in [5.74, 6) is 0. The molecule has 0 saturated carbocycles. The van der Waals surface area contributed by atoms with Gasteiger partial charge in [-0.05, 0) is 107 Å². The molecule has 0 saturated heterocycles. The fourth-order valence-electron chi connectivity index (χ4n) is 8.48. The largest absolute Gasteiger partial charge is 0.333 e. The van der Waals surface area contributed by atoms with E-state index in [-0.39, 0.29) is 6.04 Å². The van der Waals surface area contributed by atoms with Crippen LogP contribution in [-0.4, -0.2) is 18.8 Å². The van der Waals surface area contributed by atoms with Crippen molar-refractivity contribution in [2.24, 2.45) is 4.99 Å². The van der Waals surface area contributed by atoms with Crippen molar-refractivity contribution in [1.82, 2.24) is 0 Å². The average Bonchev–Trinajstić information content (AvgIpc) is 3.70. The minimum absolute atomic E-state index is 0.0619. The summed E-state index contributed by atoms with van der Waals surface area (Å²) in [4.78, 5) is 6.93. The van der Waals surface area contributed by atoms with Crippen molar-refractivity contribution in [1.29, 1.82) is 0 Å². The number of benzene rings is 7. The van der Waals surface area contributed by atoms with E-state index in [0.717, 1.165) is 17.0 Å². The molecule has 2 nitrogen and oxygen atoms in total. The third kappa shape index (κ3) is 4.68. The lowest BCUT2D eigenvalue weighted by Crippen LogP contribution is -2.35. The fourth-order valence-corrected chi connectivity index (χ4v) is 8.48. The highest BCUT2D eigenvalue weighted by atomic mass is 15.2. The number of dihydropyridines is 1. The first kappa shape index (κ1) is 29.4. The van der Waals surface area contributed by atoms with Crippen molar-refractivity contribution in [2.75, 3.05) is 11.4 Å². The SMILES string of the molecule is C=C(/C=C(\C=C\c1ccc2c3c(cccc13)-c1ccccc1-2)c1ccc2c3c(cccc13)-c1ccccc1-2)N(c1ccccc1)C1C=CC=NC1. The van der Waals surface area contributed by atoms with Gasteiger partial charge in [-0.3, -0.25) is 4.99 Å². The van der Waals surface area contributed by atoms with Gasteiger partial charge < -0.3 is 4.90 Å². The van der Waals surface area contributed by atoms with Gasteiger partial charge in [0.15, 0.2) is 0 Å². The fraction of sp³-hybridized carbons (Fsp3) is 0.0408. The quantitative estimate of drug-likeness (QED) is 0.157. The Balaban J connectivity index is 1.15. The molecule has 1 aliphatic heterocycles. The molecule has 10 rings (SSSR count). The Kier molecular flexibility index (Phi) is 6.82. The summed E-state index contributed by atoms with van der Waals surface area (Å²) in [5, 5.41) is 5.16. The second kappa shape index (κ2) is 11.8.